The monoisotopic (exact) mass is 839 g/mol. The van der Waals surface area contributed by atoms with Gasteiger partial charge in [0.2, 0.25) is 0 Å². The molecule has 0 rings (SSSR count). The average Bonchev–Trinajstić information content (AvgIpc) is 3.24. The third-order valence-corrected chi connectivity index (χ3v) is 10.7. The van der Waals surface area contributed by atoms with Crippen LogP contribution in [0.3, 0.4) is 0 Å². The quantitative estimate of drug-likeness (QED) is 0.0263. The topological polar surface area (TPSA) is 78.9 Å². The summed E-state index contributed by atoms with van der Waals surface area (Å²) in [5.74, 6) is -0.923. The van der Waals surface area contributed by atoms with Crippen LogP contribution in [0.5, 0.6) is 0 Å². The summed E-state index contributed by atoms with van der Waals surface area (Å²) in [5.41, 5.74) is 0. The van der Waals surface area contributed by atoms with Gasteiger partial charge in [0, 0.05) is 19.3 Å². The van der Waals surface area contributed by atoms with Crippen LogP contribution in [-0.2, 0) is 28.6 Å². The molecule has 0 aromatic carbocycles. The van der Waals surface area contributed by atoms with Gasteiger partial charge in [-0.3, -0.25) is 14.4 Å². The van der Waals surface area contributed by atoms with Crippen molar-refractivity contribution in [2.45, 2.75) is 252 Å². The summed E-state index contributed by atoms with van der Waals surface area (Å²) in [6.45, 7) is 6.52. The zero-order valence-electron chi connectivity index (χ0n) is 39.5. The molecular formula is C54H94O6. The number of rotatable bonds is 45. The van der Waals surface area contributed by atoms with Gasteiger partial charge in [0.25, 0.3) is 0 Å². The fraction of sp³-hybridized carbons (Fsp3) is 0.759. The van der Waals surface area contributed by atoms with Crippen molar-refractivity contribution in [3.63, 3.8) is 0 Å². The number of carbonyl (C=O) groups excluding carboxylic acids is 3. The summed E-state index contributed by atoms with van der Waals surface area (Å²) < 4.78 is 16.8. The Labute approximate surface area is 370 Å². The molecular weight excluding hydrogens is 745 g/mol. The molecule has 0 aliphatic rings. The molecule has 6 nitrogen and oxygen atoms in total. The second-order valence-electron chi connectivity index (χ2n) is 16.7. The second-order valence-corrected chi connectivity index (χ2v) is 16.7. The van der Waals surface area contributed by atoms with Crippen LogP contribution in [0, 0.1) is 0 Å². The van der Waals surface area contributed by atoms with Crippen molar-refractivity contribution in [2.24, 2.45) is 0 Å². The van der Waals surface area contributed by atoms with Crippen molar-refractivity contribution in [1.82, 2.24) is 0 Å². The van der Waals surface area contributed by atoms with Gasteiger partial charge < -0.3 is 14.2 Å². The van der Waals surface area contributed by atoms with E-state index in [0.717, 1.165) is 109 Å². The van der Waals surface area contributed by atoms with Crippen LogP contribution in [0.4, 0.5) is 0 Å². The smallest absolute Gasteiger partial charge is 0.306 e. The van der Waals surface area contributed by atoms with Crippen molar-refractivity contribution in [1.29, 1.82) is 0 Å². The molecule has 0 bridgehead atoms. The van der Waals surface area contributed by atoms with Crippen molar-refractivity contribution >= 4 is 17.9 Å². The standard InChI is InChI=1S/C54H94O6/c1-4-7-10-13-16-19-22-25-27-30-32-35-38-41-44-47-53(56)59-50-51(49-58-52(55)46-43-40-37-34-31-28-24-21-18-15-12-9-6-3)60-54(57)48-45-42-39-36-33-29-26-23-20-17-14-11-8-5-2/h14,16-17,19,21,23-27,51H,4-13,15,18,20,22,28-50H2,1-3H3/b17-14-,19-16-,24-21-,26-23-,27-25-. The largest absolute Gasteiger partial charge is 0.462 e. The van der Waals surface area contributed by atoms with Gasteiger partial charge in [0.1, 0.15) is 13.2 Å². The Hall–Kier alpha value is -2.89. The third kappa shape index (κ3) is 46.2. The number of ether oxygens (including phenoxy) is 3. The molecule has 0 heterocycles. The van der Waals surface area contributed by atoms with Gasteiger partial charge in [-0.2, -0.15) is 0 Å². The maximum absolute atomic E-state index is 12.8. The molecule has 0 aromatic heterocycles. The molecule has 6 heteroatoms. The van der Waals surface area contributed by atoms with Crippen LogP contribution < -0.4 is 0 Å². The maximum atomic E-state index is 12.8. The van der Waals surface area contributed by atoms with Gasteiger partial charge in [-0.15, -0.1) is 0 Å². The Morgan fingerprint density at radius 3 is 1.02 bits per heavy atom. The lowest BCUT2D eigenvalue weighted by Gasteiger charge is -2.18. The summed E-state index contributed by atoms with van der Waals surface area (Å²) in [6.07, 6.45) is 59.1. The molecule has 60 heavy (non-hydrogen) atoms. The Kier molecular flexibility index (Phi) is 46.4. The normalized spacial score (nSPS) is 12.5. The lowest BCUT2D eigenvalue weighted by atomic mass is 10.1. The van der Waals surface area contributed by atoms with E-state index in [2.05, 4.69) is 81.5 Å². The highest BCUT2D eigenvalue weighted by atomic mass is 16.6. The van der Waals surface area contributed by atoms with Gasteiger partial charge in [-0.1, -0.05) is 184 Å². The van der Waals surface area contributed by atoms with E-state index in [0.29, 0.717) is 19.3 Å². The molecule has 0 radical (unpaired) electrons. The molecule has 1 unspecified atom stereocenters. The van der Waals surface area contributed by atoms with E-state index in [1.807, 2.05) is 0 Å². The predicted molar refractivity (Wildman–Crippen MR) is 256 cm³/mol. The number of unbranched alkanes of at least 4 members (excludes halogenated alkanes) is 24. The van der Waals surface area contributed by atoms with Crippen molar-refractivity contribution in [3.8, 4) is 0 Å². The minimum Gasteiger partial charge on any atom is -0.462 e. The molecule has 0 aliphatic heterocycles. The SMILES string of the molecule is CCCC/C=C\C/C=C\CCCCCCCC(=O)OC(COC(=O)CCCCCCC/C=C\C/C=C\CCCCC)COC(=O)CCCCCCC/C=C\CCCCCC. The van der Waals surface area contributed by atoms with E-state index >= 15 is 0 Å². The van der Waals surface area contributed by atoms with Crippen molar-refractivity contribution < 1.29 is 28.6 Å². The first-order valence-corrected chi connectivity index (χ1v) is 25.3. The molecule has 0 aliphatic carbocycles. The van der Waals surface area contributed by atoms with E-state index in [4.69, 9.17) is 14.2 Å². The molecule has 1 atom stereocenters. The van der Waals surface area contributed by atoms with Gasteiger partial charge >= 0.3 is 17.9 Å². The average molecular weight is 839 g/mol. The van der Waals surface area contributed by atoms with Crippen LogP contribution in [-0.4, -0.2) is 37.2 Å². The van der Waals surface area contributed by atoms with Crippen LogP contribution in [0.1, 0.15) is 245 Å². The van der Waals surface area contributed by atoms with E-state index < -0.39 is 6.10 Å². The molecule has 0 saturated carbocycles. The number of carbonyl (C=O) groups is 3. The van der Waals surface area contributed by atoms with E-state index in [9.17, 15) is 14.4 Å². The summed E-state index contributed by atoms with van der Waals surface area (Å²) in [6, 6.07) is 0. The Balaban J connectivity index is 4.44. The van der Waals surface area contributed by atoms with Gasteiger partial charge in [0.05, 0.1) is 0 Å². The zero-order valence-corrected chi connectivity index (χ0v) is 39.5. The van der Waals surface area contributed by atoms with Crippen LogP contribution in [0.2, 0.25) is 0 Å². The zero-order chi connectivity index (χ0) is 43.7. The summed E-state index contributed by atoms with van der Waals surface area (Å²) in [4.78, 5) is 37.9. The first kappa shape index (κ1) is 57.1. The Morgan fingerprint density at radius 1 is 0.333 bits per heavy atom. The molecule has 0 fully saturated rings. The van der Waals surface area contributed by atoms with E-state index in [-0.39, 0.29) is 31.1 Å². The van der Waals surface area contributed by atoms with Gasteiger partial charge in [-0.25, -0.2) is 0 Å². The number of esters is 3. The van der Waals surface area contributed by atoms with Crippen LogP contribution in [0.15, 0.2) is 60.8 Å². The van der Waals surface area contributed by atoms with Crippen LogP contribution >= 0.6 is 0 Å². The maximum Gasteiger partial charge on any atom is 0.306 e. The van der Waals surface area contributed by atoms with Gasteiger partial charge in [0.15, 0.2) is 6.10 Å². The second kappa shape index (κ2) is 48.8. The lowest BCUT2D eigenvalue weighted by Crippen LogP contribution is -2.30. The summed E-state index contributed by atoms with van der Waals surface area (Å²) >= 11 is 0. The van der Waals surface area contributed by atoms with Gasteiger partial charge in [-0.05, 0) is 103 Å². The van der Waals surface area contributed by atoms with Crippen molar-refractivity contribution in [2.75, 3.05) is 13.2 Å². The number of hydrogen-bond donors (Lipinski definition) is 0. The molecule has 0 N–H and O–H groups in total. The number of hydrogen-bond acceptors (Lipinski definition) is 6. The minimum absolute atomic E-state index is 0.0889. The molecule has 0 spiro atoms. The van der Waals surface area contributed by atoms with E-state index in [1.165, 1.54) is 96.3 Å². The minimum atomic E-state index is -0.789. The Morgan fingerprint density at radius 2 is 0.617 bits per heavy atom. The molecule has 0 saturated heterocycles. The summed E-state index contributed by atoms with van der Waals surface area (Å²) in [5, 5.41) is 0. The van der Waals surface area contributed by atoms with Crippen LogP contribution in [0.25, 0.3) is 0 Å². The highest BCUT2D eigenvalue weighted by Crippen LogP contribution is 2.13. The third-order valence-electron chi connectivity index (χ3n) is 10.7. The lowest BCUT2D eigenvalue weighted by molar-refractivity contribution is -0.167. The fourth-order valence-electron chi connectivity index (χ4n) is 6.83. The van der Waals surface area contributed by atoms with Crippen molar-refractivity contribution in [3.05, 3.63) is 60.8 Å². The highest BCUT2D eigenvalue weighted by Gasteiger charge is 2.19. The van der Waals surface area contributed by atoms with E-state index in [1.54, 1.807) is 0 Å². The highest BCUT2D eigenvalue weighted by molar-refractivity contribution is 5.71. The number of allylic oxidation sites excluding steroid dienone is 10. The predicted octanol–water partition coefficient (Wildman–Crippen LogP) is 16.5. The molecule has 346 valence electrons. The first-order valence-electron chi connectivity index (χ1n) is 25.3. The Bertz CT molecular complexity index is 1100. The molecule has 0 amide bonds. The fourth-order valence-corrected chi connectivity index (χ4v) is 6.83. The summed E-state index contributed by atoms with van der Waals surface area (Å²) in [7, 11) is 0. The molecule has 0 aromatic rings. The first-order chi connectivity index (χ1) is 29.5.